The second-order valence-electron chi connectivity index (χ2n) is 6.61. The SMILES string of the molecule is CCCC(C)Oc1ccc(C(CC)C(C)(C)C)cc1. The highest BCUT2D eigenvalue weighted by Gasteiger charge is 2.24. The Morgan fingerprint density at radius 1 is 1.05 bits per heavy atom. The minimum absolute atomic E-state index is 0.306. The highest BCUT2D eigenvalue weighted by molar-refractivity contribution is 5.30. The molecule has 1 heteroatoms. The standard InChI is InChI=1S/C18H30O/c1-7-9-14(3)19-16-12-10-15(11-13-16)17(8-2)18(4,5)6/h10-14,17H,7-9H2,1-6H3. The predicted molar refractivity (Wildman–Crippen MR) is 83.9 cm³/mol. The van der Waals surface area contributed by atoms with Gasteiger partial charge in [-0.3, -0.25) is 0 Å². The van der Waals surface area contributed by atoms with E-state index in [0.29, 0.717) is 17.4 Å². The van der Waals surface area contributed by atoms with Crippen molar-refractivity contribution in [2.24, 2.45) is 5.41 Å². The molecule has 0 saturated heterocycles. The van der Waals surface area contributed by atoms with Crippen molar-refractivity contribution >= 4 is 0 Å². The van der Waals surface area contributed by atoms with Gasteiger partial charge in [-0.05, 0) is 48.8 Å². The molecule has 0 bridgehead atoms. The lowest BCUT2D eigenvalue weighted by Gasteiger charge is -2.30. The van der Waals surface area contributed by atoms with E-state index in [0.717, 1.165) is 12.2 Å². The maximum atomic E-state index is 5.91. The van der Waals surface area contributed by atoms with Gasteiger partial charge in [-0.25, -0.2) is 0 Å². The minimum atomic E-state index is 0.306. The molecule has 2 atom stereocenters. The molecule has 0 aliphatic carbocycles. The average molecular weight is 262 g/mol. The summed E-state index contributed by atoms with van der Waals surface area (Å²) >= 11 is 0. The van der Waals surface area contributed by atoms with Crippen molar-refractivity contribution in [3.05, 3.63) is 29.8 Å². The van der Waals surface area contributed by atoms with Crippen LogP contribution in [0.1, 0.15) is 72.3 Å². The Hall–Kier alpha value is -0.980. The summed E-state index contributed by atoms with van der Waals surface area (Å²) in [4.78, 5) is 0. The molecule has 0 spiro atoms. The fourth-order valence-corrected chi connectivity index (χ4v) is 2.82. The summed E-state index contributed by atoms with van der Waals surface area (Å²) in [6, 6.07) is 8.70. The molecule has 0 fully saturated rings. The largest absolute Gasteiger partial charge is 0.491 e. The molecule has 1 aromatic carbocycles. The van der Waals surface area contributed by atoms with Gasteiger partial charge in [-0.1, -0.05) is 53.2 Å². The van der Waals surface area contributed by atoms with Gasteiger partial charge in [0.05, 0.1) is 6.10 Å². The maximum absolute atomic E-state index is 5.91. The van der Waals surface area contributed by atoms with E-state index >= 15 is 0 Å². The number of hydrogen-bond acceptors (Lipinski definition) is 1. The predicted octanol–water partition coefficient (Wildman–Crippen LogP) is 5.79. The molecule has 0 aromatic heterocycles. The van der Waals surface area contributed by atoms with Gasteiger partial charge in [0.25, 0.3) is 0 Å². The number of benzene rings is 1. The molecule has 0 aliphatic rings. The monoisotopic (exact) mass is 262 g/mol. The van der Waals surface area contributed by atoms with Gasteiger partial charge in [-0.15, -0.1) is 0 Å². The van der Waals surface area contributed by atoms with Crippen molar-refractivity contribution in [2.75, 3.05) is 0 Å². The fourth-order valence-electron chi connectivity index (χ4n) is 2.82. The molecule has 19 heavy (non-hydrogen) atoms. The summed E-state index contributed by atoms with van der Waals surface area (Å²) in [7, 11) is 0. The first kappa shape index (κ1) is 16.1. The van der Waals surface area contributed by atoms with E-state index in [1.54, 1.807) is 0 Å². The van der Waals surface area contributed by atoms with Crippen LogP contribution in [0, 0.1) is 5.41 Å². The molecule has 0 aliphatic heterocycles. The first-order valence-electron chi connectivity index (χ1n) is 7.65. The van der Waals surface area contributed by atoms with Crippen molar-refractivity contribution in [3.8, 4) is 5.75 Å². The molecule has 1 aromatic rings. The lowest BCUT2D eigenvalue weighted by molar-refractivity contribution is 0.209. The molecule has 0 amide bonds. The van der Waals surface area contributed by atoms with E-state index in [1.807, 2.05) is 0 Å². The molecule has 2 unspecified atom stereocenters. The Morgan fingerprint density at radius 2 is 1.63 bits per heavy atom. The minimum Gasteiger partial charge on any atom is -0.491 e. The molecule has 1 rings (SSSR count). The Morgan fingerprint density at radius 3 is 2.05 bits per heavy atom. The highest BCUT2D eigenvalue weighted by atomic mass is 16.5. The van der Waals surface area contributed by atoms with Crippen LogP contribution >= 0.6 is 0 Å². The molecular weight excluding hydrogens is 232 g/mol. The number of ether oxygens (including phenoxy) is 1. The van der Waals surface area contributed by atoms with Crippen molar-refractivity contribution in [2.45, 2.75) is 72.8 Å². The zero-order chi connectivity index (χ0) is 14.5. The van der Waals surface area contributed by atoms with Crippen LogP contribution in [-0.4, -0.2) is 6.10 Å². The average Bonchev–Trinajstić information content (AvgIpc) is 2.30. The molecule has 1 nitrogen and oxygen atoms in total. The van der Waals surface area contributed by atoms with Crippen LogP contribution in [0.4, 0.5) is 0 Å². The third-order valence-electron chi connectivity index (χ3n) is 3.77. The van der Waals surface area contributed by atoms with E-state index in [-0.39, 0.29) is 0 Å². The Balaban J connectivity index is 2.75. The molecule has 0 radical (unpaired) electrons. The number of rotatable bonds is 6. The first-order chi connectivity index (χ1) is 8.88. The van der Waals surface area contributed by atoms with Crippen LogP contribution in [0.3, 0.4) is 0 Å². The van der Waals surface area contributed by atoms with Gasteiger partial charge in [0, 0.05) is 0 Å². The Bertz CT molecular complexity index is 358. The zero-order valence-electron chi connectivity index (χ0n) is 13.5. The third-order valence-corrected chi connectivity index (χ3v) is 3.77. The van der Waals surface area contributed by atoms with Gasteiger partial charge in [0.1, 0.15) is 5.75 Å². The first-order valence-corrected chi connectivity index (χ1v) is 7.65. The molecular formula is C18H30O. The summed E-state index contributed by atoms with van der Waals surface area (Å²) in [6.45, 7) is 13.5. The van der Waals surface area contributed by atoms with Gasteiger partial charge in [0.2, 0.25) is 0 Å². The van der Waals surface area contributed by atoms with E-state index in [4.69, 9.17) is 4.74 Å². The third kappa shape index (κ3) is 4.89. The van der Waals surface area contributed by atoms with Gasteiger partial charge >= 0.3 is 0 Å². The van der Waals surface area contributed by atoms with Crippen molar-refractivity contribution in [1.82, 2.24) is 0 Å². The van der Waals surface area contributed by atoms with E-state index in [1.165, 1.54) is 18.4 Å². The molecule has 0 N–H and O–H groups in total. The molecule has 0 saturated carbocycles. The quantitative estimate of drug-likeness (QED) is 0.630. The summed E-state index contributed by atoms with van der Waals surface area (Å²) in [6.07, 6.45) is 3.76. The molecule has 108 valence electrons. The normalized spacial score (nSPS) is 15.1. The van der Waals surface area contributed by atoms with Gasteiger partial charge < -0.3 is 4.74 Å². The van der Waals surface area contributed by atoms with Crippen molar-refractivity contribution in [1.29, 1.82) is 0 Å². The lowest BCUT2D eigenvalue weighted by atomic mass is 9.75. The van der Waals surface area contributed by atoms with Crippen LogP contribution in [-0.2, 0) is 0 Å². The van der Waals surface area contributed by atoms with E-state index in [9.17, 15) is 0 Å². The Labute approximate surface area is 119 Å². The zero-order valence-corrected chi connectivity index (χ0v) is 13.5. The second kappa shape index (κ2) is 6.98. The van der Waals surface area contributed by atoms with Crippen molar-refractivity contribution in [3.63, 3.8) is 0 Å². The summed E-state index contributed by atoms with van der Waals surface area (Å²) in [5, 5.41) is 0. The molecule has 0 heterocycles. The fraction of sp³-hybridized carbons (Fsp3) is 0.667. The van der Waals surface area contributed by atoms with Crippen molar-refractivity contribution < 1.29 is 4.74 Å². The van der Waals surface area contributed by atoms with Gasteiger partial charge in [-0.2, -0.15) is 0 Å². The van der Waals surface area contributed by atoms with Crippen LogP contribution in [0.25, 0.3) is 0 Å². The lowest BCUT2D eigenvalue weighted by Crippen LogP contribution is -2.17. The smallest absolute Gasteiger partial charge is 0.119 e. The van der Waals surface area contributed by atoms with Crippen LogP contribution in [0.2, 0.25) is 0 Å². The van der Waals surface area contributed by atoms with E-state index in [2.05, 4.69) is 65.8 Å². The second-order valence-corrected chi connectivity index (χ2v) is 6.61. The van der Waals surface area contributed by atoms with Crippen LogP contribution < -0.4 is 4.74 Å². The summed E-state index contributed by atoms with van der Waals surface area (Å²) < 4.78 is 5.91. The van der Waals surface area contributed by atoms with Gasteiger partial charge in [0.15, 0.2) is 0 Å². The summed E-state index contributed by atoms with van der Waals surface area (Å²) in [5.41, 5.74) is 1.73. The maximum Gasteiger partial charge on any atom is 0.119 e. The van der Waals surface area contributed by atoms with E-state index < -0.39 is 0 Å². The van der Waals surface area contributed by atoms with Crippen LogP contribution in [0.15, 0.2) is 24.3 Å². The highest BCUT2D eigenvalue weighted by Crippen LogP contribution is 2.37. The topological polar surface area (TPSA) is 9.23 Å². The Kier molecular flexibility index (Phi) is 5.90. The van der Waals surface area contributed by atoms with Crippen LogP contribution in [0.5, 0.6) is 5.75 Å². The summed E-state index contributed by atoms with van der Waals surface area (Å²) in [5.74, 6) is 1.60. The number of hydrogen-bond donors (Lipinski definition) is 0.